The van der Waals surface area contributed by atoms with Gasteiger partial charge in [0.2, 0.25) is 0 Å². The first-order valence-corrected chi connectivity index (χ1v) is 28.9. The van der Waals surface area contributed by atoms with Crippen molar-refractivity contribution in [2.24, 2.45) is 0 Å². The van der Waals surface area contributed by atoms with E-state index >= 15 is 0 Å². The van der Waals surface area contributed by atoms with Crippen LogP contribution >= 0.6 is 0 Å². The highest BCUT2D eigenvalue weighted by molar-refractivity contribution is 6.13. The highest BCUT2D eigenvalue weighted by Crippen LogP contribution is 2.62. The lowest BCUT2D eigenvalue weighted by Gasteiger charge is -2.40. The molecule has 0 amide bonds. The van der Waals surface area contributed by atoms with Gasteiger partial charge in [0, 0.05) is 44.3 Å². The van der Waals surface area contributed by atoms with E-state index in [1.165, 1.54) is 116 Å². The summed E-state index contributed by atoms with van der Waals surface area (Å²) in [6, 6.07) is 116. The minimum atomic E-state index is -0.603. The van der Waals surface area contributed by atoms with E-state index in [-0.39, 0.29) is 0 Å². The lowest BCUT2D eigenvalue weighted by atomic mass is 9.65. The second kappa shape index (κ2) is 17.4. The normalized spacial score (nSPS) is 14.9. The summed E-state index contributed by atoms with van der Waals surface area (Å²) in [5, 5.41) is 5.06. The molecule has 0 saturated heterocycles. The van der Waals surface area contributed by atoms with Crippen LogP contribution in [0.1, 0.15) is 44.5 Å². The number of benzene rings is 13. The summed E-state index contributed by atoms with van der Waals surface area (Å²) in [4.78, 5) is 2.48. The predicted octanol–water partition coefficient (Wildman–Crippen LogP) is 20.1. The molecule has 0 saturated carbocycles. The lowest BCUT2D eigenvalue weighted by molar-refractivity contribution is 0.748. The fourth-order valence-electron chi connectivity index (χ4n) is 15.5. The summed E-state index contributed by atoms with van der Waals surface area (Å²) in [6.07, 6.45) is 0. The van der Waals surface area contributed by atoms with Crippen LogP contribution < -0.4 is 4.90 Å². The Morgan fingerprint density at radius 1 is 0.253 bits per heavy atom. The van der Waals surface area contributed by atoms with Crippen LogP contribution in [0.5, 0.6) is 0 Å². The minimum Gasteiger partial charge on any atom is -0.310 e. The SMILES string of the molecule is c1ccc(C2(c3ccc(N(c4ccc(-c5cccc(-n6c7ccccc7c7ccccc76)c5)cc4)c4ccc5c(c4)C4(c6ccccc6-5)c5ccccc5-n5c6ccccc6c6cccc4c65)cc3)c3ccccc3-c3ccccc32)cc1. The summed E-state index contributed by atoms with van der Waals surface area (Å²) >= 11 is 0. The average Bonchev–Trinajstić information content (AvgIpc) is 1.69. The zero-order valence-corrected chi connectivity index (χ0v) is 45.3. The van der Waals surface area contributed by atoms with Crippen molar-refractivity contribution >= 4 is 60.7 Å². The maximum atomic E-state index is 2.53. The van der Waals surface area contributed by atoms with E-state index in [4.69, 9.17) is 0 Å². The third-order valence-electron chi connectivity index (χ3n) is 18.8. The number of hydrogen-bond acceptors (Lipinski definition) is 1. The highest BCUT2D eigenvalue weighted by atomic mass is 15.1. The third-order valence-corrected chi connectivity index (χ3v) is 18.8. The average molecular weight is 1050 g/mol. The van der Waals surface area contributed by atoms with Gasteiger partial charge in [0.25, 0.3) is 0 Å². The molecule has 2 aromatic heterocycles. The van der Waals surface area contributed by atoms with Crippen LogP contribution in [0.25, 0.3) is 88.4 Å². The highest BCUT2D eigenvalue weighted by Gasteiger charge is 2.51. The summed E-state index contributed by atoms with van der Waals surface area (Å²) in [6.45, 7) is 0. The summed E-state index contributed by atoms with van der Waals surface area (Å²) in [7, 11) is 0. The van der Waals surface area contributed by atoms with Crippen molar-refractivity contribution in [1.29, 1.82) is 0 Å². The number of anilines is 3. The van der Waals surface area contributed by atoms with Gasteiger partial charge >= 0.3 is 0 Å². The maximum absolute atomic E-state index is 2.53. The molecule has 3 nitrogen and oxygen atoms in total. The van der Waals surface area contributed by atoms with Crippen molar-refractivity contribution in [2.45, 2.75) is 10.8 Å². The van der Waals surface area contributed by atoms with E-state index in [0.29, 0.717) is 0 Å². The van der Waals surface area contributed by atoms with Crippen molar-refractivity contribution in [3.05, 3.63) is 354 Å². The van der Waals surface area contributed by atoms with Crippen LogP contribution in [-0.4, -0.2) is 9.13 Å². The molecule has 3 heteroatoms. The number of nitrogens with zero attached hydrogens (tertiary/aromatic N) is 3. The third kappa shape index (κ3) is 6.18. The molecular weight excluding hydrogens is 1000 g/mol. The van der Waals surface area contributed by atoms with Crippen LogP contribution in [0.2, 0.25) is 0 Å². The summed E-state index contributed by atoms with van der Waals surface area (Å²) in [5.41, 5.74) is 27.1. The number of fused-ring (bicyclic) bond motifs is 18. The Hall–Kier alpha value is -10.7. The van der Waals surface area contributed by atoms with Gasteiger partial charge in [0.1, 0.15) is 0 Å². The van der Waals surface area contributed by atoms with Crippen molar-refractivity contribution in [2.75, 3.05) is 4.90 Å². The predicted molar refractivity (Wildman–Crippen MR) is 343 cm³/mol. The Morgan fingerprint density at radius 3 is 1.36 bits per heavy atom. The summed E-state index contributed by atoms with van der Waals surface area (Å²) < 4.78 is 4.94. The topological polar surface area (TPSA) is 13.1 Å². The van der Waals surface area contributed by atoms with Gasteiger partial charge in [-0.15, -0.1) is 0 Å². The van der Waals surface area contributed by atoms with E-state index in [0.717, 1.165) is 33.9 Å². The number of hydrogen-bond donors (Lipinski definition) is 0. The molecule has 386 valence electrons. The van der Waals surface area contributed by atoms with Crippen LogP contribution in [0.4, 0.5) is 17.1 Å². The second-order valence-electron chi connectivity index (χ2n) is 22.7. The van der Waals surface area contributed by atoms with Crippen LogP contribution in [-0.2, 0) is 10.8 Å². The van der Waals surface area contributed by atoms with Crippen molar-refractivity contribution in [3.63, 3.8) is 0 Å². The molecule has 0 bridgehead atoms. The van der Waals surface area contributed by atoms with Crippen LogP contribution in [0, 0.1) is 0 Å². The van der Waals surface area contributed by atoms with Gasteiger partial charge < -0.3 is 14.0 Å². The van der Waals surface area contributed by atoms with E-state index in [2.05, 4.69) is 323 Å². The monoisotopic (exact) mass is 1050 g/mol. The van der Waals surface area contributed by atoms with Gasteiger partial charge in [-0.2, -0.15) is 0 Å². The zero-order valence-electron chi connectivity index (χ0n) is 45.3. The van der Waals surface area contributed by atoms with Gasteiger partial charge in [-0.1, -0.05) is 237 Å². The van der Waals surface area contributed by atoms with Gasteiger partial charge in [0.15, 0.2) is 0 Å². The molecule has 0 radical (unpaired) electrons. The number of para-hydroxylation sites is 5. The molecule has 0 fully saturated rings. The largest absolute Gasteiger partial charge is 0.310 e. The molecule has 83 heavy (non-hydrogen) atoms. The maximum Gasteiger partial charge on any atom is 0.0755 e. The Bertz CT molecular complexity index is 5060. The molecule has 13 aromatic carbocycles. The van der Waals surface area contributed by atoms with Crippen molar-refractivity contribution in [3.8, 4) is 44.8 Å². The fraction of sp³-hybridized carbons (Fsp3) is 0.0250. The molecule has 15 aromatic rings. The molecular formula is C80H51N3. The van der Waals surface area contributed by atoms with Gasteiger partial charge in [-0.25, -0.2) is 0 Å². The first-order chi connectivity index (χ1) is 41.2. The lowest BCUT2D eigenvalue weighted by Crippen LogP contribution is -2.33. The Kier molecular flexibility index (Phi) is 9.64. The standard InChI is InChI=1S/C80H51N3/c1-2-21-54(22-3-1)79(68-31-10-4-24-60(68)61-25-5-11-32-69(61)79)55-42-46-57(47-43-55)81(56-44-40-52(41-45-56)53-20-18-23-58(50-53)82-74-36-14-7-27-64(74)65-28-8-15-37-75(65)82)59-48-49-63-62-26-6-12-33-70(62)80(73(63)51-59)71-34-13-17-39-77(71)83-76-38-16-9-29-66(76)67-30-19-35-72(80)78(67)83/h1-51H. The molecule has 0 N–H and O–H groups in total. The Balaban J connectivity index is 0.843. The smallest absolute Gasteiger partial charge is 0.0755 e. The molecule has 1 unspecified atom stereocenters. The first kappa shape index (κ1) is 46.1. The zero-order chi connectivity index (χ0) is 54.4. The van der Waals surface area contributed by atoms with Gasteiger partial charge in [0.05, 0.1) is 38.6 Å². The molecule has 1 spiro atoms. The van der Waals surface area contributed by atoms with Gasteiger partial charge in [-0.3, -0.25) is 0 Å². The van der Waals surface area contributed by atoms with Crippen LogP contribution in [0.15, 0.2) is 309 Å². The van der Waals surface area contributed by atoms with Crippen molar-refractivity contribution in [1.82, 2.24) is 9.13 Å². The quantitative estimate of drug-likeness (QED) is 0.155. The molecule has 3 heterocycles. The Morgan fingerprint density at radius 2 is 0.711 bits per heavy atom. The molecule has 1 atom stereocenters. The second-order valence-corrected chi connectivity index (χ2v) is 22.7. The van der Waals surface area contributed by atoms with Crippen LogP contribution in [0.3, 0.4) is 0 Å². The molecule has 1 aliphatic heterocycles. The van der Waals surface area contributed by atoms with Crippen molar-refractivity contribution < 1.29 is 0 Å². The number of aromatic nitrogens is 2. The minimum absolute atomic E-state index is 0.517. The summed E-state index contributed by atoms with van der Waals surface area (Å²) in [5.74, 6) is 0. The fourth-order valence-corrected chi connectivity index (χ4v) is 15.5. The molecule has 2 aliphatic carbocycles. The van der Waals surface area contributed by atoms with E-state index in [9.17, 15) is 0 Å². The van der Waals surface area contributed by atoms with E-state index < -0.39 is 10.8 Å². The van der Waals surface area contributed by atoms with E-state index in [1.54, 1.807) is 0 Å². The van der Waals surface area contributed by atoms with Gasteiger partial charge in [-0.05, 0) is 151 Å². The Labute approximate surface area is 481 Å². The molecule has 18 rings (SSSR count). The first-order valence-electron chi connectivity index (χ1n) is 28.9. The van der Waals surface area contributed by atoms with E-state index in [1.807, 2.05) is 0 Å². The molecule has 3 aliphatic rings. The number of rotatable bonds is 7.